The number of carbonyl (C=O) groups excluding carboxylic acids is 1. The Morgan fingerprint density at radius 2 is 1.87 bits per heavy atom. The Morgan fingerprint density at radius 1 is 1.17 bits per heavy atom. The van der Waals surface area contributed by atoms with E-state index in [0.29, 0.717) is 18.7 Å². The quantitative estimate of drug-likeness (QED) is 0.726. The second-order valence-corrected chi connectivity index (χ2v) is 7.93. The third kappa shape index (κ3) is 7.58. The van der Waals surface area contributed by atoms with Gasteiger partial charge in [-0.3, -0.25) is 4.79 Å². The van der Waals surface area contributed by atoms with Crippen molar-refractivity contribution >= 4 is 15.9 Å². The molecule has 0 heterocycles. The highest BCUT2D eigenvalue weighted by atomic mass is 32.2. The maximum atomic E-state index is 12.0. The zero-order valence-electron chi connectivity index (χ0n) is 14.4. The third-order valence-corrected chi connectivity index (χ3v) is 4.71. The molecule has 0 aliphatic heterocycles. The third-order valence-electron chi connectivity index (χ3n) is 3.41. The van der Waals surface area contributed by atoms with Gasteiger partial charge >= 0.3 is 0 Å². The fourth-order valence-corrected chi connectivity index (χ4v) is 3.07. The summed E-state index contributed by atoms with van der Waals surface area (Å²) < 4.78 is 25.0. The predicted octanol–water partition coefficient (Wildman–Crippen LogP) is 0.938. The van der Waals surface area contributed by atoms with Crippen LogP contribution in [0.15, 0.2) is 24.3 Å². The van der Waals surface area contributed by atoms with Gasteiger partial charge in [-0.2, -0.15) is 0 Å². The Bertz CT molecular complexity index is 615. The number of hydrogen-bond acceptors (Lipinski definition) is 4. The summed E-state index contributed by atoms with van der Waals surface area (Å²) in [5.41, 5.74) is 1.60. The van der Waals surface area contributed by atoms with E-state index in [0.717, 1.165) is 18.5 Å². The van der Waals surface area contributed by atoms with Crippen molar-refractivity contribution in [1.29, 1.82) is 0 Å². The molecule has 0 unspecified atom stereocenters. The number of benzene rings is 1. The number of sulfonamides is 1. The SMILES string of the molecule is Cc1cccc(C(=O)NCCN(CCCN(C)C)S(C)(=O)=O)c1. The molecule has 0 aromatic heterocycles. The van der Waals surface area contributed by atoms with E-state index in [1.807, 2.05) is 38.1 Å². The summed E-state index contributed by atoms with van der Waals surface area (Å²) >= 11 is 0. The molecule has 1 aromatic rings. The van der Waals surface area contributed by atoms with E-state index in [9.17, 15) is 13.2 Å². The molecule has 130 valence electrons. The van der Waals surface area contributed by atoms with Gasteiger partial charge in [0.25, 0.3) is 5.91 Å². The summed E-state index contributed by atoms with van der Waals surface area (Å²) in [5.74, 6) is -0.185. The van der Waals surface area contributed by atoms with Gasteiger partial charge in [0.15, 0.2) is 0 Å². The van der Waals surface area contributed by atoms with Crippen molar-refractivity contribution in [3.05, 3.63) is 35.4 Å². The predicted molar refractivity (Wildman–Crippen MR) is 93.1 cm³/mol. The smallest absolute Gasteiger partial charge is 0.251 e. The lowest BCUT2D eigenvalue weighted by Gasteiger charge is -2.21. The van der Waals surface area contributed by atoms with Crippen LogP contribution in [0.1, 0.15) is 22.3 Å². The van der Waals surface area contributed by atoms with E-state index in [1.165, 1.54) is 10.6 Å². The first-order valence-electron chi connectivity index (χ1n) is 7.65. The van der Waals surface area contributed by atoms with Gasteiger partial charge in [-0.05, 0) is 46.1 Å². The topological polar surface area (TPSA) is 69.7 Å². The van der Waals surface area contributed by atoms with Crippen molar-refractivity contribution in [2.24, 2.45) is 0 Å². The van der Waals surface area contributed by atoms with E-state index in [4.69, 9.17) is 0 Å². The molecule has 1 aromatic carbocycles. The van der Waals surface area contributed by atoms with Gasteiger partial charge in [-0.15, -0.1) is 0 Å². The highest BCUT2D eigenvalue weighted by Crippen LogP contribution is 2.04. The van der Waals surface area contributed by atoms with Crippen molar-refractivity contribution in [2.45, 2.75) is 13.3 Å². The summed E-state index contributed by atoms with van der Waals surface area (Å²) in [6.07, 6.45) is 1.96. The standard InChI is InChI=1S/C16H27N3O3S/c1-14-7-5-8-15(13-14)16(20)17-9-12-19(23(4,21)22)11-6-10-18(2)3/h5,7-8,13H,6,9-12H2,1-4H3,(H,17,20). The summed E-state index contributed by atoms with van der Waals surface area (Å²) in [6.45, 7) is 3.78. The maximum absolute atomic E-state index is 12.0. The van der Waals surface area contributed by atoms with Gasteiger partial charge in [0.05, 0.1) is 6.26 Å². The molecule has 7 heteroatoms. The van der Waals surface area contributed by atoms with E-state index >= 15 is 0 Å². The van der Waals surface area contributed by atoms with Crippen LogP contribution in [0.3, 0.4) is 0 Å². The van der Waals surface area contributed by atoms with Crippen molar-refractivity contribution < 1.29 is 13.2 Å². The molecule has 0 radical (unpaired) electrons. The summed E-state index contributed by atoms with van der Waals surface area (Å²) in [7, 11) is 0.634. The first-order valence-corrected chi connectivity index (χ1v) is 9.49. The molecular formula is C16H27N3O3S. The molecule has 0 atom stereocenters. The molecule has 0 aliphatic carbocycles. The van der Waals surface area contributed by atoms with Crippen molar-refractivity contribution in [1.82, 2.24) is 14.5 Å². The first-order chi connectivity index (χ1) is 10.7. The Morgan fingerprint density at radius 3 is 2.43 bits per heavy atom. The molecule has 1 rings (SSSR count). The fourth-order valence-electron chi connectivity index (χ4n) is 2.19. The van der Waals surface area contributed by atoms with Gasteiger partial charge < -0.3 is 10.2 Å². The summed E-state index contributed by atoms with van der Waals surface area (Å²) in [4.78, 5) is 14.1. The van der Waals surface area contributed by atoms with Gasteiger partial charge in [0.1, 0.15) is 0 Å². The highest BCUT2D eigenvalue weighted by Gasteiger charge is 2.16. The molecule has 6 nitrogen and oxygen atoms in total. The van der Waals surface area contributed by atoms with Crippen molar-refractivity contribution in [2.75, 3.05) is 46.5 Å². The lowest BCUT2D eigenvalue weighted by molar-refractivity contribution is 0.0951. The molecule has 0 saturated carbocycles. The number of amides is 1. The normalized spacial score (nSPS) is 11.9. The van der Waals surface area contributed by atoms with E-state index in [1.54, 1.807) is 12.1 Å². The van der Waals surface area contributed by atoms with Crippen molar-refractivity contribution in [3.63, 3.8) is 0 Å². The number of nitrogens with zero attached hydrogens (tertiary/aromatic N) is 2. The van der Waals surface area contributed by atoms with Crippen LogP contribution < -0.4 is 5.32 Å². The van der Waals surface area contributed by atoms with Crippen LogP contribution in [0.5, 0.6) is 0 Å². The minimum absolute atomic E-state index is 0.185. The lowest BCUT2D eigenvalue weighted by atomic mass is 10.1. The molecule has 0 aliphatic rings. The number of carbonyl (C=O) groups is 1. The van der Waals surface area contributed by atoms with Crippen LogP contribution in [0.4, 0.5) is 0 Å². The monoisotopic (exact) mass is 341 g/mol. The average Bonchev–Trinajstić information content (AvgIpc) is 2.44. The maximum Gasteiger partial charge on any atom is 0.251 e. The molecule has 0 bridgehead atoms. The Balaban J connectivity index is 2.50. The number of aryl methyl sites for hydroxylation is 1. The van der Waals surface area contributed by atoms with E-state index in [-0.39, 0.29) is 12.5 Å². The van der Waals surface area contributed by atoms with Gasteiger partial charge in [0.2, 0.25) is 10.0 Å². The van der Waals surface area contributed by atoms with Crippen molar-refractivity contribution in [3.8, 4) is 0 Å². The minimum atomic E-state index is -3.27. The van der Waals surface area contributed by atoms with Crippen LogP contribution in [0.25, 0.3) is 0 Å². The highest BCUT2D eigenvalue weighted by molar-refractivity contribution is 7.88. The Hall–Kier alpha value is -1.44. The van der Waals surface area contributed by atoms with Crippen LogP contribution in [0.2, 0.25) is 0 Å². The molecule has 1 N–H and O–H groups in total. The lowest BCUT2D eigenvalue weighted by Crippen LogP contribution is -2.39. The van der Waals surface area contributed by atoms with Crippen LogP contribution in [-0.2, 0) is 10.0 Å². The molecule has 0 spiro atoms. The van der Waals surface area contributed by atoms with Gasteiger partial charge in [-0.1, -0.05) is 17.7 Å². The minimum Gasteiger partial charge on any atom is -0.351 e. The van der Waals surface area contributed by atoms with E-state index in [2.05, 4.69) is 5.32 Å². The largest absolute Gasteiger partial charge is 0.351 e. The van der Waals surface area contributed by atoms with Crippen LogP contribution in [0, 0.1) is 6.92 Å². The zero-order chi connectivity index (χ0) is 17.5. The summed E-state index contributed by atoms with van der Waals surface area (Å²) in [6, 6.07) is 7.30. The molecule has 23 heavy (non-hydrogen) atoms. The van der Waals surface area contributed by atoms with Gasteiger partial charge in [-0.25, -0.2) is 12.7 Å². The first kappa shape index (κ1) is 19.6. The summed E-state index contributed by atoms with van der Waals surface area (Å²) in [5, 5.41) is 2.77. The van der Waals surface area contributed by atoms with Gasteiger partial charge in [0, 0.05) is 25.2 Å². The van der Waals surface area contributed by atoms with E-state index < -0.39 is 10.0 Å². The second-order valence-electron chi connectivity index (χ2n) is 5.94. The molecule has 1 amide bonds. The average molecular weight is 341 g/mol. The Labute approximate surface area is 139 Å². The molecular weight excluding hydrogens is 314 g/mol. The molecule has 0 saturated heterocycles. The van der Waals surface area contributed by atoms with Crippen LogP contribution >= 0.6 is 0 Å². The second kappa shape index (κ2) is 9.00. The Kier molecular flexibility index (Phi) is 7.67. The van der Waals surface area contributed by atoms with Crippen LogP contribution in [-0.4, -0.2) is 70.1 Å². The molecule has 0 fully saturated rings. The fraction of sp³-hybridized carbons (Fsp3) is 0.562. The number of hydrogen-bond donors (Lipinski definition) is 1. The number of nitrogens with one attached hydrogen (secondary N) is 1. The number of rotatable bonds is 9. The zero-order valence-corrected chi connectivity index (χ0v) is 15.2.